The number of halogens is 3. The lowest BCUT2D eigenvalue weighted by atomic mass is 9.94. The third-order valence-electron chi connectivity index (χ3n) is 2.62. The zero-order valence-corrected chi connectivity index (χ0v) is 10.8. The van der Waals surface area contributed by atoms with Gasteiger partial charge in [0, 0.05) is 14.2 Å². The maximum Gasteiger partial charge on any atom is 0.416 e. The number of alkyl halides is 3. The van der Waals surface area contributed by atoms with Crippen molar-refractivity contribution in [3.63, 3.8) is 0 Å². The van der Waals surface area contributed by atoms with E-state index in [1.54, 1.807) is 6.07 Å². The predicted molar refractivity (Wildman–Crippen MR) is 62.6 cm³/mol. The molecule has 108 valence electrons. The summed E-state index contributed by atoms with van der Waals surface area (Å²) in [5.41, 5.74) is -0.971. The van der Waals surface area contributed by atoms with Crippen LogP contribution in [0.4, 0.5) is 13.2 Å². The van der Waals surface area contributed by atoms with Crippen molar-refractivity contribution in [3.05, 3.63) is 35.4 Å². The number of methoxy groups -OCH3 is 2. The second-order valence-corrected chi connectivity index (χ2v) is 3.89. The first kappa shape index (κ1) is 16.1. The highest BCUT2D eigenvalue weighted by molar-refractivity contribution is 5.91. The summed E-state index contributed by atoms with van der Waals surface area (Å²) in [7, 11) is 2.40. The van der Waals surface area contributed by atoms with Crippen LogP contribution in [0.3, 0.4) is 0 Å². The van der Waals surface area contributed by atoms with E-state index in [-0.39, 0.29) is 5.56 Å². The third-order valence-corrected chi connectivity index (χ3v) is 2.62. The Morgan fingerprint density at radius 1 is 1.30 bits per heavy atom. The van der Waals surface area contributed by atoms with E-state index < -0.39 is 29.7 Å². The number of hydrogen-bond donors (Lipinski definition) is 0. The molecule has 7 heteroatoms. The minimum atomic E-state index is -4.54. The smallest absolute Gasteiger partial charge is 0.349 e. The van der Waals surface area contributed by atoms with Crippen molar-refractivity contribution in [1.29, 1.82) is 5.26 Å². The van der Waals surface area contributed by atoms with Crippen LogP contribution in [0.25, 0.3) is 0 Å². The average Bonchev–Trinajstić information content (AvgIpc) is 2.40. The molecule has 1 aromatic rings. The minimum absolute atomic E-state index is 0.0496. The number of Topliss-reactive ketones (excluding diaryl/α,β-unsaturated/α-hetero) is 1. The van der Waals surface area contributed by atoms with E-state index in [0.29, 0.717) is 0 Å². The van der Waals surface area contributed by atoms with E-state index in [0.717, 1.165) is 18.2 Å². The van der Waals surface area contributed by atoms with Crippen molar-refractivity contribution in [2.45, 2.75) is 18.4 Å². The molecule has 0 radical (unpaired) electrons. The van der Waals surface area contributed by atoms with E-state index >= 15 is 0 Å². The van der Waals surface area contributed by atoms with Crippen LogP contribution >= 0.6 is 0 Å². The Balaban J connectivity index is 3.14. The molecule has 0 saturated carbocycles. The first-order valence-corrected chi connectivity index (χ1v) is 5.51. The number of ether oxygens (including phenoxy) is 2. The third kappa shape index (κ3) is 3.56. The highest BCUT2D eigenvalue weighted by Gasteiger charge is 2.33. The van der Waals surface area contributed by atoms with Gasteiger partial charge in [0.05, 0.1) is 11.6 Å². The molecule has 1 atom stereocenters. The van der Waals surface area contributed by atoms with E-state index in [9.17, 15) is 18.0 Å². The van der Waals surface area contributed by atoms with Crippen LogP contribution in [0.5, 0.6) is 0 Å². The number of benzene rings is 1. The lowest BCUT2D eigenvalue weighted by Gasteiger charge is -2.16. The molecular formula is C13H12F3NO3. The summed E-state index contributed by atoms with van der Waals surface area (Å²) in [6, 6.07) is 5.73. The van der Waals surface area contributed by atoms with Crippen LogP contribution in [0.2, 0.25) is 0 Å². The van der Waals surface area contributed by atoms with Gasteiger partial charge in [-0.1, -0.05) is 18.2 Å². The Morgan fingerprint density at radius 3 is 2.35 bits per heavy atom. The lowest BCUT2D eigenvalue weighted by Crippen LogP contribution is -2.29. The molecule has 0 aliphatic carbocycles. The zero-order valence-electron chi connectivity index (χ0n) is 10.8. The number of carbonyl (C=O) groups is 1. The number of rotatable bonds is 5. The van der Waals surface area contributed by atoms with E-state index in [2.05, 4.69) is 0 Å². The fourth-order valence-corrected chi connectivity index (χ4v) is 1.66. The summed E-state index contributed by atoms with van der Waals surface area (Å²) in [5, 5.41) is 9.02. The monoisotopic (exact) mass is 287 g/mol. The van der Waals surface area contributed by atoms with Crippen LogP contribution < -0.4 is 0 Å². The molecule has 0 saturated heterocycles. The molecule has 1 rings (SSSR count). The molecule has 0 fully saturated rings. The van der Waals surface area contributed by atoms with Crippen LogP contribution in [0.15, 0.2) is 24.3 Å². The molecule has 0 aliphatic rings. The zero-order chi connectivity index (χ0) is 15.3. The summed E-state index contributed by atoms with van der Waals surface area (Å²) in [6.07, 6.45) is -5.84. The summed E-state index contributed by atoms with van der Waals surface area (Å²) in [5.74, 6) is -2.14. The van der Waals surface area contributed by atoms with Crippen molar-refractivity contribution in [2.75, 3.05) is 14.2 Å². The van der Waals surface area contributed by atoms with Crippen molar-refractivity contribution < 1.29 is 27.4 Å². The van der Waals surface area contributed by atoms with E-state index in [1.807, 2.05) is 0 Å². The fraction of sp³-hybridized carbons (Fsp3) is 0.385. The molecule has 0 N–H and O–H groups in total. The minimum Gasteiger partial charge on any atom is -0.349 e. The Morgan fingerprint density at radius 2 is 1.90 bits per heavy atom. The van der Waals surface area contributed by atoms with Gasteiger partial charge in [-0.3, -0.25) is 4.79 Å². The Bertz CT molecular complexity index is 518. The molecule has 0 spiro atoms. The first-order chi connectivity index (χ1) is 9.35. The van der Waals surface area contributed by atoms with E-state index in [4.69, 9.17) is 14.7 Å². The average molecular weight is 287 g/mol. The van der Waals surface area contributed by atoms with Gasteiger partial charge in [0.15, 0.2) is 0 Å². The van der Waals surface area contributed by atoms with Gasteiger partial charge in [-0.15, -0.1) is 0 Å². The van der Waals surface area contributed by atoms with Gasteiger partial charge in [0.2, 0.25) is 12.1 Å². The number of nitriles is 1. The second-order valence-electron chi connectivity index (χ2n) is 3.89. The highest BCUT2D eigenvalue weighted by Crippen LogP contribution is 2.31. The molecular weight excluding hydrogens is 275 g/mol. The summed E-state index contributed by atoms with van der Waals surface area (Å²) >= 11 is 0. The Labute approximate surface area is 113 Å². The number of ketones is 1. The van der Waals surface area contributed by atoms with Gasteiger partial charge in [-0.05, 0) is 11.6 Å². The van der Waals surface area contributed by atoms with Gasteiger partial charge >= 0.3 is 6.18 Å². The molecule has 0 aliphatic heterocycles. The van der Waals surface area contributed by atoms with Crippen molar-refractivity contribution in [1.82, 2.24) is 0 Å². The lowest BCUT2D eigenvalue weighted by molar-refractivity contribution is -0.157. The normalized spacial score (nSPS) is 13.1. The summed E-state index contributed by atoms with van der Waals surface area (Å²) < 4.78 is 47.3. The van der Waals surface area contributed by atoms with Gasteiger partial charge in [0.25, 0.3) is 0 Å². The molecule has 0 heterocycles. The Kier molecular flexibility index (Phi) is 5.25. The molecule has 0 amide bonds. The fourth-order valence-electron chi connectivity index (χ4n) is 1.66. The molecule has 0 aromatic heterocycles. The van der Waals surface area contributed by atoms with Crippen molar-refractivity contribution in [2.24, 2.45) is 0 Å². The summed E-state index contributed by atoms with van der Waals surface area (Å²) in [4.78, 5) is 11.9. The quantitative estimate of drug-likeness (QED) is 0.781. The number of hydrogen-bond acceptors (Lipinski definition) is 4. The predicted octanol–water partition coefficient (Wildman–Crippen LogP) is 2.50. The second kappa shape index (κ2) is 6.50. The Hall–Kier alpha value is -1.91. The largest absolute Gasteiger partial charge is 0.416 e. The van der Waals surface area contributed by atoms with Crippen LogP contribution in [-0.2, 0) is 20.4 Å². The van der Waals surface area contributed by atoms with E-state index in [1.165, 1.54) is 20.3 Å². The van der Waals surface area contributed by atoms with Crippen LogP contribution in [-0.4, -0.2) is 26.3 Å². The number of nitrogens with zero attached hydrogens (tertiary/aromatic N) is 1. The van der Waals surface area contributed by atoms with Crippen molar-refractivity contribution in [3.8, 4) is 6.07 Å². The van der Waals surface area contributed by atoms with Crippen LogP contribution in [0.1, 0.15) is 17.0 Å². The van der Waals surface area contributed by atoms with Gasteiger partial charge in [0.1, 0.15) is 5.92 Å². The number of carbonyl (C=O) groups excluding carboxylic acids is 1. The van der Waals surface area contributed by atoms with Crippen molar-refractivity contribution >= 4 is 5.78 Å². The highest BCUT2D eigenvalue weighted by atomic mass is 19.4. The van der Waals surface area contributed by atoms with Gasteiger partial charge in [-0.2, -0.15) is 18.4 Å². The topological polar surface area (TPSA) is 59.3 Å². The molecule has 0 bridgehead atoms. The van der Waals surface area contributed by atoms with Gasteiger partial charge in [-0.25, -0.2) is 0 Å². The maximum atomic E-state index is 12.6. The molecule has 1 unspecified atom stereocenters. The van der Waals surface area contributed by atoms with Crippen LogP contribution in [0, 0.1) is 11.3 Å². The molecule has 20 heavy (non-hydrogen) atoms. The molecule has 4 nitrogen and oxygen atoms in total. The molecule has 1 aromatic carbocycles. The SMILES string of the molecule is COC(OC)C(=O)C(C#N)c1cccc(C(F)(F)F)c1. The first-order valence-electron chi connectivity index (χ1n) is 5.51. The standard InChI is InChI=1S/C13H12F3NO3/c1-19-12(20-2)11(18)10(7-17)8-4-3-5-9(6-8)13(14,15)16/h3-6,10,12H,1-2H3. The summed E-state index contributed by atoms with van der Waals surface area (Å²) in [6.45, 7) is 0. The van der Waals surface area contributed by atoms with Gasteiger partial charge < -0.3 is 9.47 Å². The maximum absolute atomic E-state index is 12.6.